The Kier molecular flexibility index (Phi) is 7.47. The number of carbonyl (C=O) groups is 1. The largest absolute Gasteiger partial charge is 0.325 e. The van der Waals surface area contributed by atoms with Gasteiger partial charge >= 0.3 is 0 Å². The zero-order valence-electron chi connectivity index (χ0n) is 15.0. The number of rotatable bonds is 8. The molecule has 0 saturated carbocycles. The van der Waals surface area contributed by atoms with Crippen LogP contribution in [0.5, 0.6) is 0 Å². The average Bonchev–Trinajstić information content (AvgIpc) is 2.63. The van der Waals surface area contributed by atoms with Gasteiger partial charge in [0.15, 0.2) is 0 Å². The number of halogens is 1. The fourth-order valence-corrected chi connectivity index (χ4v) is 3.34. The Balaban J connectivity index is 1.93. The molecule has 2 aromatic rings. The number of thioether (sulfide) groups is 1. The van der Waals surface area contributed by atoms with Crippen molar-refractivity contribution in [1.29, 1.82) is 0 Å². The molecule has 0 aromatic heterocycles. The minimum atomic E-state index is -0.231. The van der Waals surface area contributed by atoms with Gasteiger partial charge in [-0.25, -0.2) is 4.39 Å². The van der Waals surface area contributed by atoms with Gasteiger partial charge in [-0.2, -0.15) is 0 Å². The normalized spacial score (nSPS) is 12.2. The Hall–Kier alpha value is -1.85. The molecule has 3 nitrogen and oxygen atoms in total. The molecule has 0 spiro atoms. The first-order chi connectivity index (χ1) is 12.0. The summed E-state index contributed by atoms with van der Waals surface area (Å²) in [6.07, 6.45) is 2.41. The molecular formula is C20H25FN2OS. The molecule has 1 amide bonds. The summed E-state index contributed by atoms with van der Waals surface area (Å²) in [5, 5.41) is 2.99. The molecule has 0 aliphatic heterocycles. The number of benzene rings is 2. The molecule has 25 heavy (non-hydrogen) atoms. The maximum Gasteiger partial charge on any atom is 0.225 e. The molecule has 1 unspecified atom stereocenters. The maximum absolute atomic E-state index is 13.1. The van der Waals surface area contributed by atoms with Gasteiger partial charge in [0.05, 0.1) is 5.69 Å². The number of para-hydroxylation sites is 1. The molecule has 0 aliphatic rings. The van der Waals surface area contributed by atoms with Crippen LogP contribution in [0.25, 0.3) is 0 Å². The van der Waals surface area contributed by atoms with Crippen LogP contribution in [-0.4, -0.2) is 30.2 Å². The van der Waals surface area contributed by atoms with E-state index < -0.39 is 0 Å². The second kappa shape index (κ2) is 9.59. The Labute approximate surface area is 153 Å². The second-order valence-corrected chi connectivity index (χ2v) is 6.70. The average molecular weight is 360 g/mol. The number of amides is 1. The summed E-state index contributed by atoms with van der Waals surface area (Å²) in [6.45, 7) is 5.63. The number of hydrogen-bond acceptors (Lipinski definition) is 3. The number of nitrogens with one attached hydrogen (secondary N) is 1. The predicted octanol–water partition coefficient (Wildman–Crippen LogP) is 4.96. The standard InChI is InChI=1S/C20H25FN2OS/c1-4-23(15(2)16-9-11-17(21)12-10-16)14-13-20(24)22-18-7-5-6-8-19(18)25-3/h5-12,15H,4,13-14H2,1-3H3,(H,22,24). The first-order valence-electron chi connectivity index (χ1n) is 8.47. The van der Waals surface area contributed by atoms with Crippen LogP contribution in [0.15, 0.2) is 53.4 Å². The van der Waals surface area contributed by atoms with E-state index in [1.54, 1.807) is 23.9 Å². The quantitative estimate of drug-likeness (QED) is 0.675. The summed E-state index contributed by atoms with van der Waals surface area (Å²) in [5.74, 6) is -0.225. The van der Waals surface area contributed by atoms with Crippen molar-refractivity contribution in [1.82, 2.24) is 4.90 Å². The van der Waals surface area contributed by atoms with Crippen molar-refractivity contribution in [3.05, 3.63) is 59.9 Å². The Bertz CT molecular complexity index is 690. The Morgan fingerprint density at radius 2 is 1.88 bits per heavy atom. The molecule has 0 heterocycles. The number of nitrogens with zero attached hydrogens (tertiary/aromatic N) is 1. The highest BCUT2D eigenvalue weighted by Crippen LogP contribution is 2.25. The molecule has 0 fully saturated rings. The van der Waals surface area contributed by atoms with Crippen LogP contribution in [0.3, 0.4) is 0 Å². The second-order valence-electron chi connectivity index (χ2n) is 5.85. The molecular weight excluding hydrogens is 335 g/mol. The predicted molar refractivity (Wildman–Crippen MR) is 104 cm³/mol. The van der Waals surface area contributed by atoms with E-state index in [-0.39, 0.29) is 17.8 Å². The number of carbonyl (C=O) groups excluding carboxylic acids is 1. The molecule has 0 radical (unpaired) electrons. The van der Waals surface area contributed by atoms with E-state index in [2.05, 4.69) is 24.1 Å². The third kappa shape index (κ3) is 5.58. The summed E-state index contributed by atoms with van der Waals surface area (Å²) >= 11 is 1.61. The molecule has 1 N–H and O–H groups in total. The Morgan fingerprint density at radius 1 is 1.20 bits per heavy atom. The van der Waals surface area contributed by atoms with Crippen LogP contribution >= 0.6 is 11.8 Å². The van der Waals surface area contributed by atoms with Gasteiger partial charge in [0, 0.05) is 23.9 Å². The number of hydrogen-bond donors (Lipinski definition) is 1. The highest BCUT2D eigenvalue weighted by molar-refractivity contribution is 7.98. The van der Waals surface area contributed by atoms with E-state index in [0.717, 1.165) is 22.7 Å². The molecule has 0 bridgehead atoms. The van der Waals surface area contributed by atoms with Gasteiger partial charge in [-0.3, -0.25) is 9.69 Å². The van der Waals surface area contributed by atoms with Gasteiger partial charge in [0.1, 0.15) is 5.82 Å². The topological polar surface area (TPSA) is 32.3 Å². The summed E-state index contributed by atoms with van der Waals surface area (Å²) in [5.41, 5.74) is 1.91. The summed E-state index contributed by atoms with van der Waals surface area (Å²) in [6, 6.07) is 14.5. The monoisotopic (exact) mass is 360 g/mol. The highest BCUT2D eigenvalue weighted by Gasteiger charge is 2.16. The minimum absolute atomic E-state index is 0.00579. The van der Waals surface area contributed by atoms with Gasteiger partial charge in [-0.05, 0) is 49.6 Å². The molecule has 5 heteroatoms. The highest BCUT2D eigenvalue weighted by atomic mass is 32.2. The van der Waals surface area contributed by atoms with E-state index in [9.17, 15) is 9.18 Å². The molecule has 2 rings (SSSR count). The lowest BCUT2D eigenvalue weighted by Crippen LogP contribution is -2.30. The van der Waals surface area contributed by atoms with Crippen molar-refractivity contribution in [3.63, 3.8) is 0 Å². The van der Waals surface area contributed by atoms with E-state index in [4.69, 9.17) is 0 Å². The lowest BCUT2D eigenvalue weighted by atomic mass is 10.1. The van der Waals surface area contributed by atoms with Gasteiger partial charge in [-0.1, -0.05) is 31.2 Å². The minimum Gasteiger partial charge on any atom is -0.325 e. The fraction of sp³-hybridized carbons (Fsp3) is 0.350. The van der Waals surface area contributed by atoms with Crippen LogP contribution in [0, 0.1) is 5.82 Å². The van der Waals surface area contributed by atoms with Gasteiger partial charge in [-0.15, -0.1) is 11.8 Å². The zero-order valence-corrected chi connectivity index (χ0v) is 15.8. The van der Waals surface area contributed by atoms with E-state index in [1.165, 1.54) is 12.1 Å². The van der Waals surface area contributed by atoms with Crippen molar-refractivity contribution in [2.75, 3.05) is 24.7 Å². The summed E-state index contributed by atoms with van der Waals surface area (Å²) in [4.78, 5) is 15.6. The lowest BCUT2D eigenvalue weighted by Gasteiger charge is -2.28. The van der Waals surface area contributed by atoms with Gasteiger partial charge in [0.25, 0.3) is 0 Å². The van der Waals surface area contributed by atoms with Crippen molar-refractivity contribution in [3.8, 4) is 0 Å². The smallest absolute Gasteiger partial charge is 0.225 e. The summed E-state index contributed by atoms with van der Waals surface area (Å²) in [7, 11) is 0. The van der Waals surface area contributed by atoms with Crippen molar-refractivity contribution in [2.24, 2.45) is 0 Å². The SMILES string of the molecule is CCN(CCC(=O)Nc1ccccc1SC)C(C)c1ccc(F)cc1. The van der Waals surface area contributed by atoms with Gasteiger partial charge in [0.2, 0.25) is 5.91 Å². The molecule has 134 valence electrons. The zero-order chi connectivity index (χ0) is 18.2. The Morgan fingerprint density at radius 3 is 2.52 bits per heavy atom. The maximum atomic E-state index is 13.1. The van der Waals surface area contributed by atoms with Crippen molar-refractivity contribution in [2.45, 2.75) is 31.2 Å². The molecule has 0 aliphatic carbocycles. The third-order valence-corrected chi connectivity index (χ3v) is 5.11. The van der Waals surface area contributed by atoms with Crippen LogP contribution in [-0.2, 0) is 4.79 Å². The van der Waals surface area contributed by atoms with Crippen LogP contribution in [0.1, 0.15) is 31.9 Å². The lowest BCUT2D eigenvalue weighted by molar-refractivity contribution is -0.116. The molecule has 1 atom stereocenters. The van der Waals surface area contributed by atoms with Crippen LogP contribution in [0.2, 0.25) is 0 Å². The van der Waals surface area contributed by atoms with E-state index in [1.807, 2.05) is 30.5 Å². The fourth-order valence-electron chi connectivity index (χ4n) is 2.78. The summed E-state index contributed by atoms with van der Waals surface area (Å²) < 4.78 is 13.1. The first-order valence-corrected chi connectivity index (χ1v) is 9.70. The van der Waals surface area contributed by atoms with E-state index >= 15 is 0 Å². The molecule has 2 aromatic carbocycles. The van der Waals surface area contributed by atoms with Crippen molar-refractivity contribution < 1.29 is 9.18 Å². The van der Waals surface area contributed by atoms with Crippen molar-refractivity contribution >= 4 is 23.4 Å². The number of anilines is 1. The van der Waals surface area contributed by atoms with Crippen LogP contribution in [0.4, 0.5) is 10.1 Å². The first kappa shape index (κ1) is 19.5. The van der Waals surface area contributed by atoms with E-state index in [0.29, 0.717) is 13.0 Å². The van der Waals surface area contributed by atoms with Crippen LogP contribution < -0.4 is 5.32 Å². The third-order valence-electron chi connectivity index (χ3n) is 4.31. The molecule has 0 saturated heterocycles. The van der Waals surface area contributed by atoms with Gasteiger partial charge < -0.3 is 5.32 Å².